The van der Waals surface area contributed by atoms with Crippen LogP contribution in [0.5, 0.6) is 0 Å². The van der Waals surface area contributed by atoms with Crippen molar-refractivity contribution >= 4 is 33.0 Å². The highest BCUT2D eigenvalue weighted by molar-refractivity contribution is 7.96. The number of sulfone groups is 1. The molecule has 0 aliphatic carbocycles. The van der Waals surface area contributed by atoms with Crippen LogP contribution >= 0.6 is 23.2 Å². The highest BCUT2D eigenvalue weighted by Crippen LogP contribution is 2.55. The highest BCUT2D eigenvalue weighted by Gasteiger charge is 2.59. The SMILES string of the molecule is Cc1ccccc1C(Cl)(c1ccccc1)S(=O)(=O)C(Cl)(c1ccccc1)c1ccccc1C. The Morgan fingerprint density at radius 3 is 1.15 bits per heavy atom. The largest absolute Gasteiger partial charge is 0.224 e. The molecule has 0 fully saturated rings. The van der Waals surface area contributed by atoms with Crippen molar-refractivity contribution in [2.75, 3.05) is 0 Å². The third kappa shape index (κ3) is 3.69. The molecule has 2 unspecified atom stereocenters. The molecule has 4 aromatic rings. The van der Waals surface area contributed by atoms with Crippen molar-refractivity contribution in [1.82, 2.24) is 0 Å². The fourth-order valence-electron chi connectivity index (χ4n) is 4.28. The van der Waals surface area contributed by atoms with E-state index in [-0.39, 0.29) is 0 Å². The molecular formula is C28H24Cl2O2S. The second-order valence-corrected chi connectivity index (χ2v) is 11.9. The van der Waals surface area contributed by atoms with E-state index in [4.69, 9.17) is 23.2 Å². The molecule has 5 heteroatoms. The predicted octanol–water partition coefficient (Wildman–Crippen LogP) is 7.30. The fraction of sp³-hybridized carbons (Fsp3) is 0.143. The Bertz CT molecular complexity index is 1270. The van der Waals surface area contributed by atoms with E-state index in [0.717, 1.165) is 11.1 Å². The van der Waals surface area contributed by atoms with E-state index < -0.39 is 18.2 Å². The Labute approximate surface area is 205 Å². The van der Waals surface area contributed by atoms with Crippen LogP contribution in [0.2, 0.25) is 0 Å². The summed E-state index contributed by atoms with van der Waals surface area (Å²) in [6.45, 7) is 3.72. The number of hydrogen-bond donors (Lipinski definition) is 0. The average molecular weight is 495 g/mol. The molecule has 0 amide bonds. The van der Waals surface area contributed by atoms with Gasteiger partial charge in [-0.3, -0.25) is 0 Å². The third-order valence-electron chi connectivity index (χ3n) is 6.01. The first kappa shape index (κ1) is 23.6. The Balaban J connectivity index is 2.14. The van der Waals surface area contributed by atoms with Crippen molar-refractivity contribution < 1.29 is 8.42 Å². The number of benzene rings is 4. The van der Waals surface area contributed by atoms with E-state index in [2.05, 4.69) is 0 Å². The Morgan fingerprint density at radius 2 is 0.818 bits per heavy atom. The quantitative estimate of drug-likeness (QED) is 0.263. The van der Waals surface area contributed by atoms with Gasteiger partial charge in [-0.25, -0.2) is 8.42 Å². The van der Waals surface area contributed by atoms with E-state index in [1.54, 1.807) is 72.8 Å². The first-order chi connectivity index (χ1) is 15.7. The van der Waals surface area contributed by atoms with Crippen LogP contribution in [0.1, 0.15) is 33.4 Å². The minimum Gasteiger partial charge on any atom is -0.224 e. The van der Waals surface area contributed by atoms with Crippen LogP contribution in [0, 0.1) is 13.8 Å². The van der Waals surface area contributed by atoms with Crippen LogP contribution in [0.15, 0.2) is 109 Å². The zero-order valence-corrected chi connectivity index (χ0v) is 20.7. The Kier molecular flexibility index (Phi) is 6.41. The van der Waals surface area contributed by atoms with Gasteiger partial charge in [0.25, 0.3) is 0 Å². The van der Waals surface area contributed by atoms with Gasteiger partial charge in [0.2, 0.25) is 9.84 Å². The maximum absolute atomic E-state index is 14.9. The van der Waals surface area contributed by atoms with Gasteiger partial charge in [0.1, 0.15) is 0 Å². The summed E-state index contributed by atoms with van der Waals surface area (Å²) in [5, 5.41) is 0. The molecule has 168 valence electrons. The molecular weight excluding hydrogens is 471 g/mol. The lowest BCUT2D eigenvalue weighted by Crippen LogP contribution is -2.45. The third-order valence-corrected chi connectivity index (χ3v) is 10.5. The van der Waals surface area contributed by atoms with Gasteiger partial charge >= 0.3 is 0 Å². The molecule has 0 saturated heterocycles. The van der Waals surface area contributed by atoms with Crippen LogP contribution in [-0.4, -0.2) is 8.42 Å². The minimum absolute atomic E-state index is 0.440. The smallest absolute Gasteiger partial charge is 0.206 e. The van der Waals surface area contributed by atoms with Gasteiger partial charge in [-0.1, -0.05) is 132 Å². The van der Waals surface area contributed by atoms with Gasteiger partial charge < -0.3 is 0 Å². The lowest BCUT2D eigenvalue weighted by Gasteiger charge is -2.39. The number of halogens is 2. The van der Waals surface area contributed by atoms with Crippen LogP contribution in [-0.2, 0) is 18.2 Å². The second kappa shape index (κ2) is 8.98. The Hall–Kier alpha value is -2.59. The first-order valence-electron chi connectivity index (χ1n) is 10.6. The standard InChI is InChI=1S/C28H24Cl2O2S/c1-21-13-9-11-19-25(21)27(29,23-15-5-3-6-16-23)33(31,32)28(30,24-17-7-4-8-18-24)26-20-12-10-14-22(26)2/h3-20H,1-2H3. The van der Waals surface area contributed by atoms with Gasteiger partial charge in [0.15, 0.2) is 8.41 Å². The molecule has 0 radical (unpaired) electrons. The van der Waals surface area contributed by atoms with Crippen LogP contribution in [0.4, 0.5) is 0 Å². The first-order valence-corrected chi connectivity index (χ1v) is 12.8. The minimum atomic E-state index is -4.39. The fourth-order valence-corrected chi connectivity index (χ4v) is 8.08. The summed E-state index contributed by atoms with van der Waals surface area (Å²) in [6.07, 6.45) is 0. The molecule has 2 nitrogen and oxygen atoms in total. The lowest BCUT2D eigenvalue weighted by atomic mass is 9.98. The van der Waals surface area contributed by atoms with Gasteiger partial charge in [-0.2, -0.15) is 0 Å². The van der Waals surface area contributed by atoms with Crippen molar-refractivity contribution in [2.45, 2.75) is 22.3 Å². The van der Waals surface area contributed by atoms with Crippen molar-refractivity contribution in [2.24, 2.45) is 0 Å². The lowest BCUT2D eigenvalue weighted by molar-refractivity contribution is 0.569. The monoisotopic (exact) mass is 494 g/mol. The molecule has 4 rings (SSSR count). The van der Waals surface area contributed by atoms with Crippen LogP contribution in [0.3, 0.4) is 0 Å². The summed E-state index contributed by atoms with van der Waals surface area (Å²) < 4.78 is 26.0. The number of hydrogen-bond acceptors (Lipinski definition) is 2. The zero-order valence-electron chi connectivity index (χ0n) is 18.4. The highest BCUT2D eigenvalue weighted by atomic mass is 35.5. The predicted molar refractivity (Wildman–Crippen MR) is 137 cm³/mol. The van der Waals surface area contributed by atoms with E-state index >= 15 is 0 Å². The molecule has 0 aliphatic heterocycles. The maximum atomic E-state index is 14.9. The van der Waals surface area contributed by atoms with E-state index in [1.165, 1.54) is 0 Å². The van der Waals surface area contributed by atoms with Crippen LogP contribution < -0.4 is 0 Å². The second-order valence-electron chi connectivity index (χ2n) is 8.06. The van der Waals surface area contributed by atoms with Gasteiger partial charge in [0, 0.05) is 0 Å². The molecule has 4 aromatic carbocycles. The molecule has 0 bridgehead atoms. The summed E-state index contributed by atoms with van der Waals surface area (Å²) in [6, 6.07) is 32.3. The molecule has 0 heterocycles. The maximum Gasteiger partial charge on any atom is 0.206 e. The van der Waals surface area contributed by atoms with Crippen molar-refractivity contribution in [3.05, 3.63) is 143 Å². The molecule has 0 spiro atoms. The summed E-state index contributed by atoms with van der Waals surface area (Å²) in [7, 11) is -4.39. The molecule has 2 atom stereocenters. The molecule has 0 aliphatic rings. The number of alkyl halides is 2. The van der Waals surface area contributed by atoms with Crippen molar-refractivity contribution in [3.63, 3.8) is 0 Å². The van der Waals surface area contributed by atoms with Gasteiger partial charge in [-0.05, 0) is 47.2 Å². The van der Waals surface area contributed by atoms with Gasteiger partial charge in [0.05, 0.1) is 0 Å². The Morgan fingerprint density at radius 1 is 0.515 bits per heavy atom. The number of rotatable bonds is 6. The topological polar surface area (TPSA) is 34.1 Å². The summed E-state index contributed by atoms with van der Waals surface area (Å²) in [5.74, 6) is 0. The number of aryl methyl sites for hydroxylation is 2. The van der Waals surface area contributed by atoms with E-state index in [1.807, 2.05) is 50.2 Å². The molecule has 0 saturated carbocycles. The normalized spacial score (nSPS) is 15.4. The zero-order chi connectivity index (χ0) is 23.7. The summed E-state index contributed by atoms with van der Waals surface area (Å²) in [5.41, 5.74) is 3.36. The van der Waals surface area contributed by atoms with E-state index in [0.29, 0.717) is 22.3 Å². The molecule has 0 N–H and O–H groups in total. The molecule has 0 aromatic heterocycles. The van der Waals surface area contributed by atoms with Gasteiger partial charge in [-0.15, -0.1) is 0 Å². The van der Waals surface area contributed by atoms with Crippen molar-refractivity contribution in [1.29, 1.82) is 0 Å². The summed E-state index contributed by atoms with van der Waals surface area (Å²) >= 11 is 14.7. The molecule has 33 heavy (non-hydrogen) atoms. The average Bonchev–Trinajstić information content (AvgIpc) is 2.84. The summed E-state index contributed by atoms with van der Waals surface area (Å²) in [4.78, 5) is 0. The van der Waals surface area contributed by atoms with Crippen molar-refractivity contribution in [3.8, 4) is 0 Å². The van der Waals surface area contributed by atoms with E-state index in [9.17, 15) is 8.42 Å². The van der Waals surface area contributed by atoms with Crippen LogP contribution in [0.25, 0.3) is 0 Å².